The van der Waals surface area contributed by atoms with E-state index >= 15 is 0 Å². The van der Waals surface area contributed by atoms with Crippen LogP contribution in [0, 0.1) is 5.92 Å². The number of carboxylic acid groups (broad SMARTS) is 1. The average molecular weight is 141 g/mol. The van der Waals surface area contributed by atoms with E-state index in [4.69, 9.17) is 5.11 Å². The first-order valence-electron chi connectivity index (χ1n) is 3.84. The minimum atomic E-state index is -0.670. The molecule has 0 amide bonds. The molecular formula is C8H13O2. The molecule has 0 atom stereocenters. The van der Waals surface area contributed by atoms with Crippen LogP contribution in [-0.2, 0) is 4.79 Å². The van der Waals surface area contributed by atoms with Crippen LogP contribution in [0.4, 0.5) is 0 Å². The van der Waals surface area contributed by atoms with E-state index in [1.54, 1.807) is 0 Å². The van der Waals surface area contributed by atoms with Gasteiger partial charge in [-0.05, 0) is 18.8 Å². The molecule has 2 nitrogen and oxygen atoms in total. The van der Waals surface area contributed by atoms with Gasteiger partial charge in [-0.1, -0.05) is 19.3 Å². The predicted molar refractivity (Wildman–Crippen MR) is 38.6 cm³/mol. The van der Waals surface area contributed by atoms with Gasteiger partial charge in [-0.15, -0.1) is 0 Å². The lowest BCUT2D eigenvalue weighted by molar-refractivity contribution is -0.136. The molecule has 0 aromatic carbocycles. The fourth-order valence-corrected chi connectivity index (χ4v) is 1.44. The summed E-state index contributed by atoms with van der Waals surface area (Å²) in [4.78, 5) is 10.2. The lowest BCUT2D eigenvalue weighted by Gasteiger charge is -2.18. The fourth-order valence-electron chi connectivity index (χ4n) is 1.44. The highest BCUT2D eigenvalue weighted by molar-refractivity contribution is 5.69. The second-order valence-corrected chi connectivity index (χ2v) is 2.88. The van der Waals surface area contributed by atoms with Crippen LogP contribution in [0.25, 0.3) is 0 Å². The van der Waals surface area contributed by atoms with Gasteiger partial charge in [0.2, 0.25) is 0 Å². The Kier molecular flexibility index (Phi) is 2.72. The summed E-state index contributed by atoms with van der Waals surface area (Å²) in [6.07, 6.45) is 6.08. The Bertz CT molecular complexity index is 114. The quantitative estimate of drug-likeness (QED) is 0.638. The standard InChI is InChI=1S/C8H13O2/c9-8(10)6-7-4-2-1-3-5-7/h1-6H2,(H,9,10). The molecule has 0 heterocycles. The van der Waals surface area contributed by atoms with Gasteiger partial charge in [-0.3, -0.25) is 4.79 Å². The van der Waals surface area contributed by atoms with Crippen molar-refractivity contribution in [2.24, 2.45) is 0 Å². The van der Waals surface area contributed by atoms with Crippen molar-refractivity contribution in [3.8, 4) is 0 Å². The Morgan fingerprint density at radius 2 is 1.90 bits per heavy atom. The molecule has 57 valence electrons. The van der Waals surface area contributed by atoms with Crippen LogP contribution in [0.5, 0.6) is 0 Å². The number of carbonyl (C=O) groups is 1. The van der Waals surface area contributed by atoms with E-state index in [0.717, 1.165) is 12.8 Å². The van der Waals surface area contributed by atoms with E-state index in [2.05, 4.69) is 0 Å². The monoisotopic (exact) mass is 141 g/mol. The van der Waals surface area contributed by atoms with Crippen LogP contribution in [0.2, 0.25) is 0 Å². The maximum Gasteiger partial charge on any atom is 0.303 e. The van der Waals surface area contributed by atoms with Crippen molar-refractivity contribution in [1.82, 2.24) is 0 Å². The Labute approximate surface area is 61.2 Å². The third-order valence-electron chi connectivity index (χ3n) is 1.96. The van der Waals surface area contributed by atoms with E-state index in [1.165, 1.54) is 25.2 Å². The fraction of sp³-hybridized carbons (Fsp3) is 0.750. The molecule has 1 N–H and O–H groups in total. The van der Waals surface area contributed by atoms with Crippen molar-refractivity contribution in [2.75, 3.05) is 0 Å². The number of hydrogen-bond donors (Lipinski definition) is 1. The number of hydrogen-bond acceptors (Lipinski definition) is 1. The lowest BCUT2D eigenvalue weighted by Crippen LogP contribution is -2.09. The highest BCUT2D eigenvalue weighted by Gasteiger charge is 2.16. The van der Waals surface area contributed by atoms with Crippen molar-refractivity contribution < 1.29 is 9.90 Å². The van der Waals surface area contributed by atoms with E-state index < -0.39 is 5.97 Å². The summed E-state index contributed by atoms with van der Waals surface area (Å²) in [5.41, 5.74) is 0. The van der Waals surface area contributed by atoms with Crippen LogP contribution in [0.15, 0.2) is 0 Å². The van der Waals surface area contributed by atoms with Gasteiger partial charge in [0.05, 0.1) is 6.42 Å². The van der Waals surface area contributed by atoms with Crippen LogP contribution in [0.1, 0.15) is 38.5 Å². The van der Waals surface area contributed by atoms with E-state index in [9.17, 15) is 4.79 Å². The normalized spacial score (nSPS) is 20.8. The van der Waals surface area contributed by atoms with Gasteiger partial charge >= 0.3 is 5.97 Å². The molecule has 0 unspecified atom stereocenters. The van der Waals surface area contributed by atoms with Gasteiger partial charge in [0.15, 0.2) is 0 Å². The lowest BCUT2D eigenvalue weighted by atomic mass is 9.87. The Balaban J connectivity index is 2.19. The topological polar surface area (TPSA) is 37.3 Å². The van der Waals surface area contributed by atoms with Gasteiger partial charge in [-0.2, -0.15) is 0 Å². The smallest absolute Gasteiger partial charge is 0.303 e. The van der Waals surface area contributed by atoms with E-state index in [-0.39, 0.29) is 0 Å². The summed E-state index contributed by atoms with van der Waals surface area (Å²) in [5, 5.41) is 8.44. The number of aliphatic carboxylic acids is 1. The molecule has 1 aliphatic carbocycles. The van der Waals surface area contributed by atoms with Crippen molar-refractivity contribution >= 4 is 5.97 Å². The first-order chi connectivity index (χ1) is 4.79. The van der Waals surface area contributed by atoms with Crippen LogP contribution in [0.3, 0.4) is 0 Å². The highest BCUT2D eigenvalue weighted by Crippen LogP contribution is 2.27. The number of rotatable bonds is 2. The van der Waals surface area contributed by atoms with E-state index in [1.807, 2.05) is 0 Å². The second-order valence-electron chi connectivity index (χ2n) is 2.88. The van der Waals surface area contributed by atoms with Crippen LogP contribution in [-0.4, -0.2) is 11.1 Å². The van der Waals surface area contributed by atoms with Crippen LogP contribution < -0.4 is 0 Å². The first-order valence-corrected chi connectivity index (χ1v) is 3.84. The molecule has 1 fully saturated rings. The first kappa shape index (κ1) is 7.58. The van der Waals surface area contributed by atoms with Gasteiger partial charge in [0.1, 0.15) is 0 Å². The van der Waals surface area contributed by atoms with Gasteiger partial charge in [0.25, 0.3) is 0 Å². The molecule has 10 heavy (non-hydrogen) atoms. The minimum Gasteiger partial charge on any atom is -0.481 e. The average Bonchev–Trinajstić information content (AvgIpc) is 1.88. The minimum absolute atomic E-state index is 0.306. The summed E-state index contributed by atoms with van der Waals surface area (Å²) in [6.45, 7) is 0. The molecule has 0 bridgehead atoms. The summed E-state index contributed by atoms with van der Waals surface area (Å²) in [7, 11) is 0. The van der Waals surface area contributed by atoms with Crippen LogP contribution >= 0.6 is 0 Å². The third-order valence-corrected chi connectivity index (χ3v) is 1.96. The largest absolute Gasteiger partial charge is 0.481 e. The van der Waals surface area contributed by atoms with Crippen molar-refractivity contribution in [3.05, 3.63) is 5.92 Å². The van der Waals surface area contributed by atoms with Gasteiger partial charge in [0, 0.05) is 0 Å². The maximum atomic E-state index is 10.2. The summed E-state index contributed by atoms with van der Waals surface area (Å²) >= 11 is 0. The Morgan fingerprint density at radius 3 is 2.40 bits per heavy atom. The molecule has 0 aliphatic heterocycles. The second kappa shape index (κ2) is 3.59. The molecule has 2 heteroatoms. The summed E-state index contributed by atoms with van der Waals surface area (Å²) in [6, 6.07) is 0. The molecule has 0 saturated heterocycles. The summed E-state index contributed by atoms with van der Waals surface area (Å²) in [5.74, 6) is 0.565. The zero-order chi connectivity index (χ0) is 7.40. The van der Waals surface area contributed by atoms with Gasteiger partial charge < -0.3 is 5.11 Å². The molecular weight excluding hydrogens is 128 g/mol. The molecule has 0 aromatic rings. The van der Waals surface area contributed by atoms with E-state index in [0.29, 0.717) is 6.42 Å². The molecule has 0 aromatic heterocycles. The SMILES string of the molecule is O=C(O)C[C]1CCCCC1. The third kappa shape index (κ3) is 2.38. The van der Waals surface area contributed by atoms with Crippen molar-refractivity contribution in [3.63, 3.8) is 0 Å². The van der Waals surface area contributed by atoms with Crippen molar-refractivity contribution in [2.45, 2.75) is 38.5 Å². The summed E-state index contributed by atoms with van der Waals surface area (Å²) < 4.78 is 0. The molecule has 1 saturated carbocycles. The number of carboxylic acids is 1. The molecule has 1 aliphatic rings. The predicted octanol–water partition coefficient (Wildman–Crippen LogP) is 2.00. The molecule has 0 spiro atoms. The zero-order valence-electron chi connectivity index (χ0n) is 6.10. The van der Waals surface area contributed by atoms with Crippen molar-refractivity contribution in [1.29, 1.82) is 0 Å². The molecule has 1 radical (unpaired) electrons. The Morgan fingerprint density at radius 1 is 1.30 bits per heavy atom. The Hall–Kier alpha value is -0.530. The van der Waals surface area contributed by atoms with Gasteiger partial charge in [-0.25, -0.2) is 0 Å². The highest BCUT2D eigenvalue weighted by atomic mass is 16.4. The maximum absolute atomic E-state index is 10.2. The molecule has 1 rings (SSSR count). The zero-order valence-corrected chi connectivity index (χ0v) is 6.10.